The van der Waals surface area contributed by atoms with E-state index in [4.69, 9.17) is 4.74 Å². The molecule has 1 aliphatic heterocycles. The average Bonchev–Trinajstić information content (AvgIpc) is 1.83. The minimum Gasteiger partial charge on any atom is -0.360 e. The van der Waals surface area contributed by atoms with Gasteiger partial charge in [0.2, 0.25) is 0 Å². The van der Waals surface area contributed by atoms with Crippen molar-refractivity contribution in [2.24, 2.45) is 0 Å². The summed E-state index contributed by atoms with van der Waals surface area (Å²) >= 11 is 0. The summed E-state index contributed by atoms with van der Waals surface area (Å²) in [4.78, 5) is 0. The fraction of sp³-hybridized carbons (Fsp3) is 1.00. The third-order valence-electron chi connectivity index (χ3n) is 2.12. The Balaban J connectivity index is 2.51. The summed E-state index contributed by atoms with van der Waals surface area (Å²) in [5.41, 5.74) is 0.248. The number of hydrogen-bond acceptors (Lipinski definition) is 2. The minimum absolute atomic E-state index is 0.248. The zero-order valence-electron chi connectivity index (χ0n) is 7.98. The highest BCUT2D eigenvalue weighted by molar-refractivity contribution is 4.85. The SMILES string of the molecule is CC[C@H]1NC(C)(C)C[C@@H](C)O1. The first-order chi connectivity index (χ1) is 5.03. The molecule has 1 heterocycles. The van der Waals surface area contributed by atoms with E-state index in [-0.39, 0.29) is 11.8 Å². The van der Waals surface area contributed by atoms with Gasteiger partial charge in [0.05, 0.1) is 6.10 Å². The third-order valence-corrected chi connectivity index (χ3v) is 2.12. The molecule has 1 aliphatic rings. The van der Waals surface area contributed by atoms with Gasteiger partial charge in [-0.3, -0.25) is 5.32 Å². The highest BCUT2D eigenvalue weighted by Gasteiger charge is 2.30. The minimum atomic E-state index is 0.248. The van der Waals surface area contributed by atoms with Crippen molar-refractivity contribution in [2.75, 3.05) is 0 Å². The summed E-state index contributed by atoms with van der Waals surface area (Å²) < 4.78 is 5.66. The Morgan fingerprint density at radius 2 is 2.18 bits per heavy atom. The molecule has 1 saturated heterocycles. The molecule has 0 unspecified atom stereocenters. The topological polar surface area (TPSA) is 21.3 Å². The van der Waals surface area contributed by atoms with Crippen molar-refractivity contribution in [3.63, 3.8) is 0 Å². The second-order valence-electron chi connectivity index (χ2n) is 4.08. The van der Waals surface area contributed by atoms with E-state index in [0.717, 1.165) is 12.8 Å². The molecular weight excluding hydrogens is 138 g/mol. The van der Waals surface area contributed by atoms with Crippen molar-refractivity contribution in [1.82, 2.24) is 5.32 Å². The molecule has 0 radical (unpaired) electrons. The summed E-state index contributed by atoms with van der Waals surface area (Å²) in [6, 6.07) is 0. The van der Waals surface area contributed by atoms with Gasteiger partial charge in [-0.05, 0) is 33.6 Å². The first kappa shape index (κ1) is 9.01. The van der Waals surface area contributed by atoms with Crippen molar-refractivity contribution >= 4 is 0 Å². The molecule has 11 heavy (non-hydrogen) atoms. The van der Waals surface area contributed by atoms with Crippen molar-refractivity contribution in [2.45, 2.75) is 58.4 Å². The molecule has 66 valence electrons. The van der Waals surface area contributed by atoms with Gasteiger partial charge in [0.25, 0.3) is 0 Å². The molecule has 0 amide bonds. The van der Waals surface area contributed by atoms with Gasteiger partial charge in [0, 0.05) is 5.54 Å². The van der Waals surface area contributed by atoms with Gasteiger partial charge in [-0.15, -0.1) is 0 Å². The van der Waals surface area contributed by atoms with Crippen LogP contribution in [-0.4, -0.2) is 17.9 Å². The first-order valence-corrected chi connectivity index (χ1v) is 4.46. The fourth-order valence-corrected chi connectivity index (χ4v) is 1.77. The molecule has 2 atom stereocenters. The summed E-state index contributed by atoms with van der Waals surface area (Å²) in [5.74, 6) is 0. The molecule has 2 heteroatoms. The Labute approximate surface area is 69.3 Å². The lowest BCUT2D eigenvalue weighted by atomic mass is 9.95. The predicted octanol–water partition coefficient (Wildman–Crippen LogP) is 1.90. The van der Waals surface area contributed by atoms with Gasteiger partial charge in [0.1, 0.15) is 6.23 Å². The Morgan fingerprint density at radius 1 is 1.55 bits per heavy atom. The van der Waals surface area contributed by atoms with Crippen molar-refractivity contribution in [3.05, 3.63) is 0 Å². The summed E-state index contributed by atoms with van der Waals surface area (Å²) in [6.45, 7) is 8.75. The molecule has 1 N–H and O–H groups in total. The molecule has 0 aliphatic carbocycles. The van der Waals surface area contributed by atoms with E-state index < -0.39 is 0 Å². The zero-order chi connectivity index (χ0) is 8.48. The van der Waals surface area contributed by atoms with Gasteiger partial charge >= 0.3 is 0 Å². The van der Waals surface area contributed by atoms with E-state index in [0.29, 0.717) is 6.10 Å². The summed E-state index contributed by atoms with van der Waals surface area (Å²) in [6.07, 6.45) is 2.81. The second kappa shape index (κ2) is 3.11. The van der Waals surface area contributed by atoms with E-state index in [9.17, 15) is 0 Å². The van der Waals surface area contributed by atoms with Gasteiger partial charge in [-0.2, -0.15) is 0 Å². The van der Waals surface area contributed by atoms with Crippen LogP contribution < -0.4 is 5.32 Å². The largest absolute Gasteiger partial charge is 0.360 e. The van der Waals surface area contributed by atoms with Gasteiger partial charge < -0.3 is 4.74 Å². The number of ether oxygens (including phenoxy) is 1. The van der Waals surface area contributed by atoms with Crippen molar-refractivity contribution < 1.29 is 4.74 Å². The maximum Gasteiger partial charge on any atom is 0.108 e. The third kappa shape index (κ3) is 2.46. The van der Waals surface area contributed by atoms with Crippen LogP contribution in [0.1, 0.15) is 40.5 Å². The quantitative estimate of drug-likeness (QED) is 0.627. The lowest BCUT2D eigenvalue weighted by molar-refractivity contribution is -0.0879. The van der Waals surface area contributed by atoms with Crippen LogP contribution in [-0.2, 0) is 4.74 Å². The Kier molecular flexibility index (Phi) is 2.55. The first-order valence-electron chi connectivity index (χ1n) is 4.46. The Hall–Kier alpha value is -0.0800. The second-order valence-corrected chi connectivity index (χ2v) is 4.08. The Morgan fingerprint density at radius 3 is 2.64 bits per heavy atom. The van der Waals surface area contributed by atoms with Gasteiger partial charge in [-0.1, -0.05) is 6.92 Å². The van der Waals surface area contributed by atoms with Crippen LogP contribution in [0, 0.1) is 0 Å². The fourth-order valence-electron chi connectivity index (χ4n) is 1.77. The maximum atomic E-state index is 5.66. The highest BCUT2D eigenvalue weighted by atomic mass is 16.5. The van der Waals surface area contributed by atoms with Crippen LogP contribution in [0.5, 0.6) is 0 Å². The maximum absolute atomic E-state index is 5.66. The van der Waals surface area contributed by atoms with Gasteiger partial charge in [0.15, 0.2) is 0 Å². The van der Waals surface area contributed by atoms with E-state index in [1.165, 1.54) is 0 Å². The molecule has 0 spiro atoms. The van der Waals surface area contributed by atoms with E-state index in [2.05, 4.69) is 33.0 Å². The number of rotatable bonds is 1. The smallest absolute Gasteiger partial charge is 0.108 e. The lowest BCUT2D eigenvalue weighted by Gasteiger charge is -2.40. The van der Waals surface area contributed by atoms with Gasteiger partial charge in [-0.25, -0.2) is 0 Å². The molecule has 0 saturated carbocycles. The summed E-state index contributed by atoms with van der Waals surface area (Å²) in [5, 5.41) is 3.45. The molecule has 2 nitrogen and oxygen atoms in total. The molecular formula is C9H19NO. The lowest BCUT2D eigenvalue weighted by Crippen LogP contribution is -2.54. The van der Waals surface area contributed by atoms with Crippen LogP contribution in [0.3, 0.4) is 0 Å². The Bertz CT molecular complexity index is 134. The van der Waals surface area contributed by atoms with Crippen LogP contribution >= 0.6 is 0 Å². The van der Waals surface area contributed by atoms with Crippen molar-refractivity contribution in [3.8, 4) is 0 Å². The van der Waals surface area contributed by atoms with Crippen molar-refractivity contribution in [1.29, 1.82) is 0 Å². The van der Waals surface area contributed by atoms with Crippen LogP contribution in [0.15, 0.2) is 0 Å². The summed E-state index contributed by atoms with van der Waals surface area (Å²) in [7, 11) is 0. The van der Waals surface area contributed by atoms with E-state index >= 15 is 0 Å². The van der Waals surface area contributed by atoms with Crippen LogP contribution in [0.25, 0.3) is 0 Å². The van der Waals surface area contributed by atoms with E-state index in [1.807, 2.05) is 0 Å². The molecule has 0 aromatic heterocycles. The number of nitrogens with one attached hydrogen (secondary N) is 1. The van der Waals surface area contributed by atoms with E-state index in [1.54, 1.807) is 0 Å². The zero-order valence-corrected chi connectivity index (χ0v) is 7.98. The molecule has 1 fully saturated rings. The molecule has 0 bridgehead atoms. The number of hydrogen-bond donors (Lipinski definition) is 1. The molecule has 1 rings (SSSR count). The molecule has 0 aromatic carbocycles. The van der Waals surface area contributed by atoms with Crippen LogP contribution in [0.4, 0.5) is 0 Å². The highest BCUT2D eigenvalue weighted by Crippen LogP contribution is 2.21. The monoisotopic (exact) mass is 157 g/mol. The standard InChI is InChI=1S/C9H19NO/c1-5-8-10-9(3,4)6-7(2)11-8/h7-8,10H,5-6H2,1-4H3/t7-,8+/m1/s1. The predicted molar refractivity (Wildman–Crippen MR) is 46.5 cm³/mol. The van der Waals surface area contributed by atoms with Crippen LogP contribution in [0.2, 0.25) is 0 Å². The normalized spacial score (nSPS) is 37.1. The molecule has 0 aromatic rings. The average molecular weight is 157 g/mol.